The Hall–Kier alpha value is -1.89. The predicted molar refractivity (Wildman–Crippen MR) is 72.5 cm³/mol. The number of rotatable bonds is 2. The molecule has 0 fully saturated rings. The molecule has 1 aromatic carbocycles. The van der Waals surface area contributed by atoms with Gasteiger partial charge in [-0.2, -0.15) is 0 Å². The van der Waals surface area contributed by atoms with Gasteiger partial charge in [-0.1, -0.05) is 30.3 Å². The van der Waals surface area contributed by atoms with Crippen molar-refractivity contribution in [1.82, 2.24) is 4.57 Å². The molecule has 0 bridgehead atoms. The van der Waals surface area contributed by atoms with Crippen molar-refractivity contribution in [3.8, 4) is 11.3 Å². The molecule has 3 aromatic rings. The number of carbonyl (C=O) groups is 1. The Kier molecular flexibility index (Phi) is 4.08. The van der Waals surface area contributed by atoms with Crippen molar-refractivity contribution in [2.75, 3.05) is 0 Å². The number of amides is 1. The van der Waals surface area contributed by atoms with E-state index in [1.165, 1.54) is 0 Å². The van der Waals surface area contributed by atoms with Gasteiger partial charge in [-0.05, 0) is 6.07 Å². The largest absolute Gasteiger partial charge is 1.00 e. The first-order valence-corrected chi connectivity index (χ1v) is 6.03. The third kappa shape index (κ3) is 2.40. The molecule has 5 heteroatoms. The van der Waals surface area contributed by atoms with Gasteiger partial charge < -0.3 is 29.7 Å². The Morgan fingerprint density at radius 3 is 2.45 bits per heavy atom. The minimum absolute atomic E-state index is 0. The van der Waals surface area contributed by atoms with E-state index in [1.54, 1.807) is 12.3 Å². The van der Waals surface area contributed by atoms with Crippen LogP contribution in [0.15, 0.2) is 54.9 Å². The molecule has 0 saturated carbocycles. The van der Waals surface area contributed by atoms with E-state index in [0.29, 0.717) is 5.56 Å². The summed E-state index contributed by atoms with van der Waals surface area (Å²) in [6.45, 7) is 0. The number of primary amides is 1. The third-order valence-corrected chi connectivity index (χ3v) is 3.28. The first-order chi connectivity index (χ1) is 9.16. The highest BCUT2D eigenvalue weighted by Crippen LogP contribution is 2.19. The fourth-order valence-corrected chi connectivity index (χ4v) is 2.26. The Morgan fingerprint density at radius 2 is 1.80 bits per heavy atom. The smallest absolute Gasteiger partial charge is 0.286 e. The molecule has 4 nitrogen and oxygen atoms in total. The van der Waals surface area contributed by atoms with Gasteiger partial charge in [-0.25, -0.2) is 8.97 Å². The van der Waals surface area contributed by atoms with Crippen molar-refractivity contribution in [2.45, 2.75) is 0 Å². The minimum atomic E-state index is -0.417. The second-order valence-electron chi connectivity index (χ2n) is 4.49. The van der Waals surface area contributed by atoms with E-state index in [1.807, 2.05) is 41.9 Å². The van der Waals surface area contributed by atoms with Gasteiger partial charge >= 0.3 is 0 Å². The maximum absolute atomic E-state index is 11.2. The van der Waals surface area contributed by atoms with Gasteiger partial charge in [-0.3, -0.25) is 4.79 Å². The van der Waals surface area contributed by atoms with Gasteiger partial charge in [0, 0.05) is 11.6 Å². The summed E-state index contributed by atoms with van der Waals surface area (Å²) < 4.78 is 4.00. The Labute approximate surface area is 133 Å². The molecule has 0 saturated heterocycles. The maximum Gasteiger partial charge on any atom is 0.286 e. The van der Waals surface area contributed by atoms with Crippen LogP contribution in [0.1, 0.15) is 10.4 Å². The monoisotopic (exact) mass is 379 g/mol. The average molecular weight is 379 g/mol. The summed E-state index contributed by atoms with van der Waals surface area (Å²) in [5, 5.41) is 0. The normalized spacial score (nSPS) is 10.2. The predicted octanol–water partition coefficient (Wildman–Crippen LogP) is -1.47. The number of nitrogens with two attached hydrogens (primary N) is 1. The van der Waals surface area contributed by atoms with Crippen LogP contribution in [-0.2, 0) is 7.05 Å². The van der Waals surface area contributed by atoms with E-state index in [4.69, 9.17) is 5.73 Å². The second kappa shape index (κ2) is 5.62. The van der Waals surface area contributed by atoms with Crippen LogP contribution in [0.25, 0.3) is 16.9 Å². The lowest BCUT2D eigenvalue weighted by Gasteiger charge is -1.96. The number of benzene rings is 1. The summed E-state index contributed by atoms with van der Waals surface area (Å²) in [4.78, 5) is 11.2. The van der Waals surface area contributed by atoms with Crippen LogP contribution in [0.5, 0.6) is 0 Å². The van der Waals surface area contributed by atoms with Crippen LogP contribution in [0.3, 0.4) is 0 Å². The van der Waals surface area contributed by atoms with E-state index in [0.717, 1.165) is 16.9 Å². The van der Waals surface area contributed by atoms with Crippen LogP contribution < -0.4 is 34.1 Å². The van der Waals surface area contributed by atoms with Crippen molar-refractivity contribution >= 4 is 11.6 Å². The van der Waals surface area contributed by atoms with Gasteiger partial charge in [0.15, 0.2) is 5.69 Å². The lowest BCUT2D eigenvalue weighted by molar-refractivity contribution is -0.510. The first-order valence-electron chi connectivity index (χ1n) is 6.03. The standard InChI is InChI=1S/C15H13N3O.HI/c1-17-13(11-5-3-2-4-6-11)10-18-9-12(15(16)19)7-8-14(17)18;/h2-10H,1H3,(H-,16,19);1H. The van der Waals surface area contributed by atoms with Gasteiger partial charge in [0.2, 0.25) is 0 Å². The number of aromatic nitrogens is 2. The molecule has 102 valence electrons. The lowest BCUT2D eigenvalue weighted by atomic mass is 10.2. The number of imidazole rings is 1. The molecule has 1 amide bonds. The summed E-state index contributed by atoms with van der Waals surface area (Å²) in [5.41, 5.74) is 9.03. The molecular formula is C15H14IN3O. The van der Waals surface area contributed by atoms with Crippen LogP contribution in [0.2, 0.25) is 0 Å². The highest BCUT2D eigenvalue weighted by Gasteiger charge is 2.16. The van der Waals surface area contributed by atoms with Crippen molar-refractivity contribution in [3.63, 3.8) is 0 Å². The molecule has 2 heterocycles. The van der Waals surface area contributed by atoms with Crippen molar-refractivity contribution in [3.05, 3.63) is 60.4 Å². The number of hydrogen-bond donors (Lipinski definition) is 1. The Bertz CT molecular complexity index is 765. The van der Waals surface area contributed by atoms with E-state index in [9.17, 15) is 4.79 Å². The van der Waals surface area contributed by atoms with Gasteiger partial charge in [-0.15, -0.1) is 0 Å². The summed E-state index contributed by atoms with van der Waals surface area (Å²) in [6, 6.07) is 13.8. The SMILES string of the molecule is Cn1c(-c2ccccc2)c[n+]2cc(C(N)=O)ccc12.[I-]. The molecule has 0 aliphatic heterocycles. The third-order valence-electron chi connectivity index (χ3n) is 3.28. The number of halogens is 1. The summed E-state index contributed by atoms with van der Waals surface area (Å²) in [6.07, 6.45) is 3.75. The molecule has 2 aromatic heterocycles. The summed E-state index contributed by atoms with van der Waals surface area (Å²) in [7, 11) is 2.00. The Balaban J connectivity index is 0.00000147. The van der Waals surface area contributed by atoms with E-state index < -0.39 is 5.91 Å². The molecule has 3 rings (SSSR count). The van der Waals surface area contributed by atoms with Gasteiger partial charge in [0.1, 0.15) is 12.4 Å². The topological polar surface area (TPSA) is 52.1 Å². The molecule has 0 spiro atoms. The number of pyridine rings is 1. The zero-order chi connectivity index (χ0) is 13.4. The number of nitrogens with zero attached hydrogens (tertiary/aromatic N) is 2. The highest BCUT2D eigenvalue weighted by molar-refractivity contribution is 5.92. The average Bonchev–Trinajstić information content (AvgIpc) is 2.76. The van der Waals surface area contributed by atoms with Gasteiger partial charge in [0.05, 0.1) is 12.6 Å². The second-order valence-corrected chi connectivity index (χ2v) is 4.49. The quantitative estimate of drug-likeness (QED) is 0.429. The molecule has 20 heavy (non-hydrogen) atoms. The zero-order valence-corrected chi connectivity index (χ0v) is 13.1. The molecule has 2 N–H and O–H groups in total. The molecular weight excluding hydrogens is 365 g/mol. The summed E-state index contributed by atoms with van der Waals surface area (Å²) >= 11 is 0. The van der Waals surface area contributed by atoms with Crippen molar-refractivity contribution in [2.24, 2.45) is 12.8 Å². The number of carbonyl (C=O) groups excluding carboxylic acids is 1. The lowest BCUT2D eigenvalue weighted by Crippen LogP contribution is -3.00. The van der Waals surface area contributed by atoms with E-state index in [2.05, 4.69) is 16.7 Å². The molecule has 0 radical (unpaired) electrons. The zero-order valence-electron chi connectivity index (χ0n) is 11.0. The molecule has 0 aliphatic carbocycles. The van der Waals surface area contributed by atoms with Crippen molar-refractivity contribution in [1.29, 1.82) is 0 Å². The fourth-order valence-electron chi connectivity index (χ4n) is 2.26. The number of aryl methyl sites for hydroxylation is 1. The van der Waals surface area contributed by atoms with Crippen LogP contribution in [0, 0.1) is 0 Å². The Morgan fingerprint density at radius 1 is 1.10 bits per heavy atom. The minimum Gasteiger partial charge on any atom is -1.00 e. The van der Waals surface area contributed by atoms with E-state index >= 15 is 0 Å². The first kappa shape index (κ1) is 14.5. The number of fused-ring (bicyclic) bond motifs is 1. The van der Waals surface area contributed by atoms with Crippen LogP contribution in [-0.4, -0.2) is 10.5 Å². The fraction of sp³-hybridized carbons (Fsp3) is 0.0667. The molecule has 0 unspecified atom stereocenters. The van der Waals surface area contributed by atoms with Gasteiger partial charge in [0.25, 0.3) is 11.6 Å². The van der Waals surface area contributed by atoms with E-state index in [-0.39, 0.29) is 24.0 Å². The number of hydrogen-bond acceptors (Lipinski definition) is 1. The van der Waals surface area contributed by atoms with Crippen molar-refractivity contribution < 1.29 is 33.2 Å². The van der Waals surface area contributed by atoms with Crippen LogP contribution in [0.4, 0.5) is 0 Å². The molecule has 0 aliphatic rings. The summed E-state index contributed by atoms with van der Waals surface area (Å²) in [5.74, 6) is -0.417. The molecule has 0 atom stereocenters. The highest BCUT2D eigenvalue weighted by atomic mass is 127. The van der Waals surface area contributed by atoms with Crippen LogP contribution >= 0.6 is 0 Å². The maximum atomic E-state index is 11.2.